The summed E-state index contributed by atoms with van der Waals surface area (Å²) < 4.78 is 0. The first-order valence-electron chi connectivity index (χ1n) is 5.42. The Balaban J connectivity index is 2.69. The fourth-order valence-corrected chi connectivity index (χ4v) is 2.02. The number of nitrogens with two attached hydrogens (primary N) is 2. The summed E-state index contributed by atoms with van der Waals surface area (Å²) in [5.74, 6) is 4.62. The third-order valence-corrected chi connectivity index (χ3v) is 2.87. The highest BCUT2D eigenvalue weighted by atomic mass is 32.1. The standard InChI is InChI=1S/C12H17N3O2S/c13-7-10(15(14)8-12(16)17)11(18)6-9-4-2-1-3-5-9/h1-5,7,11,18H,6,8,13-14H2,(H,16,17)/b10-7-. The lowest BCUT2D eigenvalue weighted by Gasteiger charge is -2.24. The lowest BCUT2D eigenvalue weighted by Crippen LogP contribution is -2.39. The second-order valence-corrected chi connectivity index (χ2v) is 4.44. The summed E-state index contributed by atoms with van der Waals surface area (Å²) in [6.07, 6.45) is 1.92. The molecule has 1 rings (SSSR count). The van der Waals surface area contributed by atoms with Crippen molar-refractivity contribution < 1.29 is 9.90 Å². The molecular weight excluding hydrogens is 250 g/mol. The third-order valence-electron chi connectivity index (χ3n) is 2.42. The number of nitrogens with zero attached hydrogens (tertiary/aromatic N) is 1. The smallest absolute Gasteiger partial charge is 0.324 e. The Kier molecular flexibility index (Phi) is 5.54. The topological polar surface area (TPSA) is 92.6 Å². The van der Waals surface area contributed by atoms with Gasteiger partial charge in [0, 0.05) is 11.4 Å². The van der Waals surface area contributed by atoms with Gasteiger partial charge in [0.1, 0.15) is 6.54 Å². The highest BCUT2D eigenvalue weighted by molar-refractivity contribution is 7.81. The predicted octanol–water partition coefficient (Wildman–Crippen LogP) is 0.588. The van der Waals surface area contributed by atoms with Crippen molar-refractivity contribution >= 4 is 18.6 Å². The summed E-state index contributed by atoms with van der Waals surface area (Å²) in [6, 6.07) is 9.72. The van der Waals surface area contributed by atoms with Crippen LogP contribution in [-0.2, 0) is 11.2 Å². The van der Waals surface area contributed by atoms with Gasteiger partial charge in [-0.15, -0.1) is 0 Å². The number of thiol groups is 1. The Morgan fingerprint density at radius 2 is 2.06 bits per heavy atom. The van der Waals surface area contributed by atoms with Crippen LogP contribution in [0.5, 0.6) is 0 Å². The van der Waals surface area contributed by atoms with Gasteiger partial charge in [-0.2, -0.15) is 12.6 Å². The van der Waals surface area contributed by atoms with E-state index in [1.165, 1.54) is 6.20 Å². The predicted molar refractivity (Wildman–Crippen MR) is 73.7 cm³/mol. The van der Waals surface area contributed by atoms with E-state index in [4.69, 9.17) is 16.7 Å². The number of rotatable bonds is 6. The van der Waals surface area contributed by atoms with E-state index in [1.807, 2.05) is 30.3 Å². The number of hydrogen-bond acceptors (Lipinski definition) is 5. The average Bonchev–Trinajstić information content (AvgIpc) is 2.30. The van der Waals surface area contributed by atoms with Gasteiger partial charge in [-0.05, 0) is 12.0 Å². The minimum atomic E-state index is -1.02. The first kappa shape index (κ1) is 14.4. The summed E-state index contributed by atoms with van der Waals surface area (Å²) in [6.45, 7) is -0.311. The number of hydrazine groups is 1. The molecule has 18 heavy (non-hydrogen) atoms. The lowest BCUT2D eigenvalue weighted by atomic mass is 10.1. The van der Waals surface area contributed by atoms with Crippen molar-refractivity contribution in [1.29, 1.82) is 0 Å². The van der Waals surface area contributed by atoms with Crippen molar-refractivity contribution in [2.45, 2.75) is 11.7 Å². The number of carboxylic acid groups (broad SMARTS) is 1. The van der Waals surface area contributed by atoms with Crippen LogP contribution >= 0.6 is 12.6 Å². The first-order valence-corrected chi connectivity index (χ1v) is 5.94. The molecule has 98 valence electrons. The SMILES string of the molecule is N/C=C(/C(S)Cc1ccccc1)N(N)CC(=O)O. The van der Waals surface area contributed by atoms with Gasteiger partial charge < -0.3 is 15.8 Å². The van der Waals surface area contributed by atoms with Crippen LogP contribution in [0.25, 0.3) is 0 Å². The maximum absolute atomic E-state index is 10.6. The highest BCUT2D eigenvalue weighted by Gasteiger charge is 2.17. The molecular formula is C12H17N3O2S. The van der Waals surface area contributed by atoms with Gasteiger partial charge in [0.2, 0.25) is 0 Å². The normalized spacial score (nSPS) is 13.1. The lowest BCUT2D eigenvalue weighted by molar-refractivity contribution is -0.137. The van der Waals surface area contributed by atoms with Crippen molar-refractivity contribution in [3.8, 4) is 0 Å². The fraction of sp³-hybridized carbons (Fsp3) is 0.250. The zero-order valence-corrected chi connectivity index (χ0v) is 10.8. The van der Waals surface area contributed by atoms with Crippen LogP contribution in [0.15, 0.2) is 42.2 Å². The van der Waals surface area contributed by atoms with Crippen LogP contribution in [0.2, 0.25) is 0 Å². The molecule has 0 amide bonds. The molecule has 6 heteroatoms. The van der Waals surface area contributed by atoms with Crippen LogP contribution in [-0.4, -0.2) is 27.9 Å². The minimum absolute atomic E-state index is 0.248. The second-order valence-electron chi connectivity index (χ2n) is 3.82. The summed E-state index contributed by atoms with van der Waals surface area (Å²) in [5, 5.41) is 9.54. The Hall–Kier alpha value is -1.66. The molecule has 0 aromatic heterocycles. The number of aliphatic carboxylic acids is 1. The Bertz CT molecular complexity index is 423. The van der Waals surface area contributed by atoms with E-state index in [9.17, 15) is 4.79 Å². The number of hydrogen-bond donors (Lipinski definition) is 4. The number of carboxylic acids is 1. The largest absolute Gasteiger partial charge is 0.480 e. The molecule has 5 nitrogen and oxygen atoms in total. The van der Waals surface area contributed by atoms with Gasteiger partial charge in [-0.3, -0.25) is 4.79 Å². The van der Waals surface area contributed by atoms with E-state index in [0.29, 0.717) is 12.1 Å². The van der Waals surface area contributed by atoms with Crippen molar-refractivity contribution in [3.63, 3.8) is 0 Å². The van der Waals surface area contributed by atoms with Crippen LogP contribution in [0.3, 0.4) is 0 Å². The van der Waals surface area contributed by atoms with Gasteiger partial charge in [-0.1, -0.05) is 30.3 Å². The molecule has 0 radical (unpaired) electrons. The summed E-state index contributed by atoms with van der Waals surface area (Å²) in [5.41, 5.74) is 7.05. The quantitative estimate of drug-likeness (QED) is 0.344. The zero-order valence-electron chi connectivity index (χ0n) is 9.86. The highest BCUT2D eigenvalue weighted by Crippen LogP contribution is 2.16. The molecule has 1 aromatic rings. The molecule has 1 atom stereocenters. The molecule has 0 saturated carbocycles. The first-order chi connectivity index (χ1) is 8.54. The molecule has 1 unspecified atom stereocenters. The average molecular weight is 267 g/mol. The van der Waals surface area contributed by atoms with Crippen LogP contribution in [0.1, 0.15) is 5.56 Å². The van der Waals surface area contributed by atoms with Crippen LogP contribution in [0.4, 0.5) is 0 Å². The van der Waals surface area contributed by atoms with Crippen LogP contribution < -0.4 is 11.6 Å². The van der Waals surface area contributed by atoms with Crippen molar-refractivity contribution in [1.82, 2.24) is 5.01 Å². The van der Waals surface area contributed by atoms with Gasteiger partial charge in [-0.25, -0.2) is 5.84 Å². The monoisotopic (exact) mass is 267 g/mol. The Labute approximate surface area is 111 Å². The van der Waals surface area contributed by atoms with E-state index < -0.39 is 5.97 Å². The third kappa shape index (κ3) is 4.31. The summed E-state index contributed by atoms with van der Waals surface area (Å²) in [4.78, 5) is 10.6. The van der Waals surface area contributed by atoms with Crippen molar-refractivity contribution in [2.24, 2.45) is 11.6 Å². The Morgan fingerprint density at radius 3 is 2.56 bits per heavy atom. The molecule has 0 bridgehead atoms. The Morgan fingerprint density at radius 1 is 1.44 bits per heavy atom. The molecule has 0 aliphatic carbocycles. The second kappa shape index (κ2) is 6.93. The maximum Gasteiger partial charge on any atom is 0.324 e. The molecule has 0 spiro atoms. The van der Waals surface area contributed by atoms with Gasteiger partial charge in [0.05, 0.1) is 5.70 Å². The van der Waals surface area contributed by atoms with E-state index in [1.54, 1.807) is 0 Å². The maximum atomic E-state index is 10.6. The van der Waals surface area contributed by atoms with Crippen LogP contribution in [0, 0.1) is 0 Å². The fourth-order valence-electron chi connectivity index (χ4n) is 1.58. The number of benzene rings is 1. The van der Waals surface area contributed by atoms with Gasteiger partial charge in [0.25, 0.3) is 0 Å². The summed E-state index contributed by atoms with van der Waals surface area (Å²) >= 11 is 4.42. The van der Waals surface area contributed by atoms with Crippen molar-refractivity contribution in [3.05, 3.63) is 47.8 Å². The van der Waals surface area contributed by atoms with E-state index in [2.05, 4.69) is 12.6 Å². The van der Waals surface area contributed by atoms with E-state index >= 15 is 0 Å². The summed E-state index contributed by atoms with van der Waals surface area (Å²) in [7, 11) is 0. The molecule has 1 aromatic carbocycles. The zero-order chi connectivity index (χ0) is 13.5. The van der Waals surface area contributed by atoms with Crippen molar-refractivity contribution in [2.75, 3.05) is 6.54 Å². The molecule has 0 heterocycles. The molecule has 0 saturated heterocycles. The molecule has 0 fully saturated rings. The molecule has 5 N–H and O–H groups in total. The minimum Gasteiger partial charge on any atom is -0.480 e. The molecule has 0 aliphatic rings. The van der Waals surface area contributed by atoms with Gasteiger partial charge in [0.15, 0.2) is 0 Å². The molecule has 0 aliphatic heterocycles. The van der Waals surface area contributed by atoms with E-state index in [0.717, 1.165) is 10.6 Å². The van der Waals surface area contributed by atoms with Gasteiger partial charge >= 0.3 is 5.97 Å². The van der Waals surface area contributed by atoms with E-state index in [-0.39, 0.29) is 11.8 Å². The number of carbonyl (C=O) groups is 1.